The molecular weight excluding hydrogens is 628 g/mol. The molecule has 0 radical (unpaired) electrons. The van der Waals surface area contributed by atoms with Crippen molar-refractivity contribution >= 4 is 18.0 Å². The number of carbonyl (C=O) groups is 3. The summed E-state index contributed by atoms with van der Waals surface area (Å²) in [7, 11) is 3.80. The highest BCUT2D eigenvalue weighted by Crippen LogP contribution is 2.14. The third kappa shape index (κ3) is 37.2. The van der Waals surface area contributed by atoms with Crippen LogP contribution in [-0.4, -0.2) is 69.4 Å². The molecule has 0 aliphatic heterocycles. The van der Waals surface area contributed by atoms with Crippen LogP contribution in [0.4, 0.5) is 4.79 Å². The number of likely N-dealkylation sites (N-methyl/N-ethyl adjacent to an activating group) is 1. The molecule has 0 aliphatic carbocycles. The first-order valence-corrected chi connectivity index (χ1v) is 20.9. The summed E-state index contributed by atoms with van der Waals surface area (Å²) in [5.74, 6) is -0.622. The van der Waals surface area contributed by atoms with E-state index in [9.17, 15) is 14.4 Å². The first kappa shape index (κ1) is 47.9. The van der Waals surface area contributed by atoms with Gasteiger partial charge >= 0.3 is 18.0 Å². The van der Waals surface area contributed by atoms with Crippen molar-refractivity contribution < 1.29 is 28.6 Å². The Balaban J connectivity index is 4.20. The lowest BCUT2D eigenvalue weighted by molar-refractivity contribution is -0.158. The summed E-state index contributed by atoms with van der Waals surface area (Å²) < 4.78 is 16.3. The zero-order valence-electron chi connectivity index (χ0n) is 33.3. The number of hydrogen-bond acceptors (Lipinski definition) is 7. The van der Waals surface area contributed by atoms with Crippen molar-refractivity contribution in [1.82, 2.24) is 10.2 Å². The molecule has 0 spiro atoms. The van der Waals surface area contributed by atoms with Crippen LogP contribution in [0.2, 0.25) is 0 Å². The summed E-state index contributed by atoms with van der Waals surface area (Å²) >= 11 is 0. The minimum absolute atomic E-state index is 0.0327. The predicted molar refractivity (Wildman–Crippen MR) is 209 cm³/mol. The third-order valence-electron chi connectivity index (χ3n) is 9.10. The van der Waals surface area contributed by atoms with E-state index in [1.165, 1.54) is 116 Å². The highest BCUT2D eigenvalue weighted by atomic mass is 16.6. The van der Waals surface area contributed by atoms with Crippen LogP contribution >= 0.6 is 0 Å². The summed E-state index contributed by atoms with van der Waals surface area (Å²) in [6.07, 6.45) is 35.8. The van der Waals surface area contributed by atoms with Crippen LogP contribution in [0.25, 0.3) is 0 Å². The van der Waals surface area contributed by atoms with E-state index in [2.05, 4.69) is 31.3 Å². The maximum atomic E-state index is 12.6. The van der Waals surface area contributed by atoms with Crippen molar-refractivity contribution in [1.29, 1.82) is 0 Å². The molecule has 0 aromatic rings. The van der Waals surface area contributed by atoms with Gasteiger partial charge in [-0.15, -0.1) is 0 Å². The van der Waals surface area contributed by atoms with E-state index >= 15 is 0 Å². The van der Waals surface area contributed by atoms with Crippen LogP contribution in [0.15, 0.2) is 12.2 Å². The Morgan fingerprint density at radius 2 is 0.980 bits per heavy atom. The molecule has 0 aliphatic rings. The van der Waals surface area contributed by atoms with Gasteiger partial charge in [0, 0.05) is 19.4 Å². The number of nitrogens with one attached hydrogen (secondary N) is 1. The molecule has 0 rings (SSSR count). The Kier molecular flexibility index (Phi) is 36.6. The minimum atomic E-state index is -0.748. The molecule has 0 heterocycles. The Bertz CT molecular complexity index is 803. The van der Waals surface area contributed by atoms with Gasteiger partial charge in [-0.1, -0.05) is 154 Å². The van der Waals surface area contributed by atoms with E-state index < -0.39 is 12.2 Å². The number of unbranched alkanes of at least 4 members (excludes halogenated alkanes) is 23. The van der Waals surface area contributed by atoms with Gasteiger partial charge in [-0.3, -0.25) is 9.59 Å². The van der Waals surface area contributed by atoms with E-state index in [1.54, 1.807) is 0 Å². The first-order valence-electron chi connectivity index (χ1n) is 20.9. The minimum Gasteiger partial charge on any atom is -0.462 e. The third-order valence-corrected chi connectivity index (χ3v) is 9.10. The van der Waals surface area contributed by atoms with Crippen molar-refractivity contribution in [3.8, 4) is 0 Å². The summed E-state index contributed by atoms with van der Waals surface area (Å²) in [5.41, 5.74) is 0. The standard InChI is InChI=1S/C42H80N2O6/c1-5-7-9-11-13-15-17-19-20-22-24-26-28-30-32-34-41(46)50-39(37-43-42(47)48-36-35-44(3)4)38-49-40(45)33-31-29-27-25-23-21-18-16-14-12-10-8-6-2/h19-20,39H,5-18,21-38H2,1-4H3,(H,43,47). The molecular formula is C42H80N2O6. The van der Waals surface area contributed by atoms with E-state index in [-0.39, 0.29) is 31.7 Å². The molecule has 0 aromatic heterocycles. The van der Waals surface area contributed by atoms with E-state index in [4.69, 9.17) is 14.2 Å². The monoisotopic (exact) mass is 709 g/mol. The quantitative estimate of drug-likeness (QED) is 0.0297. The zero-order valence-corrected chi connectivity index (χ0v) is 33.3. The molecule has 1 amide bonds. The Labute approximate surface area is 308 Å². The second-order valence-corrected chi connectivity index (χ2v) is 14.4. The van der Waals surface area contributed by atoms with Gasteiger partial charge in [0.05, 0.1) is 6.54 Å². The summed E-state index contributed by atoms with van der Waals surface area (Å²) in [4.78, 5) is 39.1. The van der Waals surface area contributed by atoms with Crippen LogP contribution in [0.3, 0.4) is 0 Å². The fourth-order valence-corrected chi connectivity index (χ4v) is 5.83. The number of carbonyl (C=O) groups excluding carboxylic acids is 3. The Morgan fingerprint density at radius 1 is 0.560 bits per heavy atom. The zero-order chi connectivity index (χ0) is 36.8. The molecule has 294 valence electrons. The van der Waals surface area contributed by atoms with Crippen molar-refractivity contribution in [2.45, 2.75) is 200 Å². The lowest BCUT2D eigenvalue weighted by Crippen LogP contribution is -2.39. The van der Waals surface area contributed by atoms with Crippen LogP contribution in [0, 0.1) is 0 Å². The number of rotatable bonds is 37. The topological polar surface area (TPSA) is 94.2 Å². The van der Waals surface area contributed by atoms with E-state index in [0.717, 1.165) is 51.4 Å². The SMILES string of the molecule is CCCCCCCCC=CCCCCCCCC(=O)OC(CNC(=O)OCCN(C)C)COC(=O)CCCCCCCCCCCCCCC. The smallest absolute Gasteiger partial charge is 0.407 e. The van der Waals surface area contributed by atoms with E-state index in [0.29, 0.717) is 19.4 Å². The molecule has 0 aromatic carbocycles. The van der Waals surface area contributed by atoms with Gasteiger partial charge in [-0.05, 0) is 52.6 Å². The molecule has 1 atom stereocenters. The van der Waals surface area contributed by atoms with Crippen LogP contribution in [-0.2, 0) is 23.8 Å². The number of amides is 1. The number of allylic oxidation sites excluding steroid dienone is 2. The second kappa shape index (κ2) is 38.1. The van der Waals surface area contributed by atoms with Gasteiger partial charge in [0.25, 0.3) is 0 Å². The number of hydrogen-bond donors (Lipinski definition) is 1. The molecule has 0 bridgehead atoms. The van der Waals surface area contributed by atoms with Crippen LogP contribution in [0.5, 0.6) is 0 Å². The van der Waals surface area contributed by atoms with Crippen molar-refractivity contribution in [3.63, 3.8) is 0 Å². The molecule has 0 saturated heterocycles. The van der Waals surface area contributed by atoms with Crippen molar-refractivity contribution in [2.75, 3.05) is 40.4 Å². The molecule has 0 saturated carbocycles. The Hall–Kier alpha value is -2.09. The van der Waals surface area contributed by atoms with Gasteiger partial charge in [0.15, 0.2) is 6.10 Å². The van der Waals surface area contributed by atoms with Gasteiger partial charge < -0.3 is 24.4 Å². The first-order chi connectivity index (χ1) is 24.4. The van der Waals surface area contributed by atoms with Crippen molar-refractivity contribution in [2.24, 2.45) is 0 Å². The Morgan fingerprint density at radius 3 is 1.44 bits per heavy atom. The fraction of sp³-hybridized carbons (Fsp3) is 0.881. The molecule has 50 heavy (non-hydrogen) atoms. The average molecular weight is 709 g/mol. The van der Waals surface area contributed by atoms with Crippen LogP contribution in [0.1, 0.15) is 194 Å². The maximum Gasteiger partial charge on any atom is 0.407 e. The summed E-state index contributed by atoms with van der Waals surface area (Å²) in [6, 6.07) is 0. The fourth-order valence-electron chi connectivity index (χ4n) is 5.83. The lowest BCUT2D eigenvalue weighted by Gasteiger charge is -2.19. The maximum absolute atomic E-state index is 12.6. The number of ether oxygens (including phenoxy) is 3. The average Bonchev–Trinajstić information content (AvgIpc) is 3.09. The van der Waals surface area contributed by atoms with Gasteiger partial charge in [-0.25, -0.2) is 4.79 Å². The molecule has 1 N–H and O–H groups in total. The van der Waals surface area contributed by atoms with Crippen molar-refractivity contribution in [3.05, 3.63) is 12.2 Å². The molecule has 1 unspecified atom stereocenters. The largest absolute Gasteiger partial charge is 0.462 e. The molecule has 8 heteroatoms. The number of esters is 2. The second-order valence-electron chi connectivity index (χ2n) is 14.4. The number of nitrogens with zero attached hydrogens (tertiary/aromatic N) is 1. The number of alkyl carbamates (subject to hydrolysis) is 1. The normalized spacial score (nSPS) is 12.0. The van der Waals surface area contributed by atoms with Gasteiger partial charge in [0.1, 0.15) is 13.2 Å². The highest BCUT2D eigenvalue weighted by molar-refractivity contribution is 5.70. The van der Waals surface area contributed by atoms with Crippen LogP contribution < -0.4 is 5.32 Å². The summed E-state index contributed by atoms with van der Waals surface area (Å²) in [6.45, 7) is 5.34. The highest BCUT2D eigenvalue weighted by Gasteiger charge is 2.18. The lowest BCUT2D eigenvalue weighted by atomic mass is 10.0. The van der Waals surface area contributed by atoms with Gasteiger partial charge in [-0.2, -0.15) is 0 Å². The van der Waals surface area contributed by atoms with Gasteiger partial charge in [0.2, 0.25) is 0 Å². The molecule has 0 fully saturated rings. The predicted octanol–water partition coefficient (Wildman–Crippen LogP) is 11.2. The van der Waals surface area contributed by atoms with E-state index in [1.807, 2.05) is 19.0 Å². The molecule has 8 nitrogen and oxygen atoms in total. The summed E-state index contributed by atoms with van der Waals surface area (Å²) in [5, 5.41) is 2.65.